The Morgan fingerprint density at radius 1 is 1.12 bits per heavy atom. The number of nitrogens with zero attached hydrogens (tertiary/aromatic N) is 1. The average Bonchev–Trinajstić information content (AvgIpc) is 3.01. The maximum atomic E-state index is 11.9. The summed E-state index contributed by atoms with van der Waals surface area (Å²) in [6, 6.07) is 15.4. The van der Waals surface area contributed by atoms with Crippen LogP contribution in [0.5, 0.6) is 5.75 Å². The Bertz CT molecular complexity index is 888. The predicted molar refractivity (Wildman–Crippen MR) is 98.0 cm³/mol. The number of hydrogen-bond acceptors (Lipinski definition) is 4. The average molecular weight is 336 g/mol. The van der Waals surface area contributed by atoms with Crippen LogP contribution in [0.1, 0.15) is 23.8 Å². The second kappa shape index (κ2) is 7.21. The van der Waals surface area contributed by atoms with Gasteiger partial charge in [0, 0.05) is 5.39 Å². The van der Waals surface area contributed by atoms with Gasteiger partial charge in [-0.15, -0.1) is 0 Å². The minimum Gasteiger partial charge on any atom is -0.484 e. The summed E-state index contributed by atoms with van der Waals surface area (Å²) in [5.74, 6) is 0.969. The molecule has 1 amide bonds. The molecule has 0 saturated carbocycles. The summed E-state index contributed by atoms with van der Waals surface area (Å²) in [7, 11) is 0. The summed E-state index contributed by atoms with van der Waals surface area (Å²) >= 11 is 0. The molecule has 0 aliphatic heterocycles. The predicted octanol–water partition coefficient (Wildman–Crippen LogP) is 3.97. The third-order valence-corrected chi connectivity index (χ3v) is 3.70. The number of carbonyl (C=O) groups excluding carboxylic acids is 1. The maximum Gasteiger partial charge on any atom is 0.277 e. The molecule has 0 fully saturated rings. The van der Waals surface area contributed by atoms with E-state index in [0.717, 1.165) is 22.1 Å². The number of nitrogens with one attached hydrogen (secondary N) is 1. The molecule has 5 nitrogen and oxygen atoms in total. The molecule has 1 heterocycles. The van der Waals surface area contributed by atoms with E-state index >= 15 is 0 Å². The number of benzene rings is 2. The van der Waals surface area contributed by atoms with Crippen molar-refractivity contribution in [1.29, 1.82) is 0 Å². The summed E-state index contributed by atoms with van der Waals surface area (Å²) in [4.78, 5) is 11.9. The molecule has 0 spiro atoms. The first-order chi connectivity index (χ1) is 12.0. The van der Waals surface area contributed by atoms with Crippen molar-refractivity contribution in [2.75, 3.05) is 6.61 Å². The number of ether oxygens (including phenoxy) is 1. The largest absolute Gasteiger partial charge is 0.484 e. The zero-order valence-corrected chi connectivity index (χ0v) is 14.5. The highest BCUT2D eigenvalue weighted by atomic mass is 16.5. The van der Waals surface area contributed by atoms with Gasteiger partial charge in [-0.2, -0.15) is 5.10 Å². The topological polar surface area (TPSA) is 63.8 Å². The molecule has 128 valence electrons. The molecule has 1 N–H and O–H groups in total. The van der Waals surface area contributed by atoms with Crippen molar-refractivity contribution < 1.29 is 13.9 Å². The molecule has 2 aromatic carbocycles. The SMILES string of the molecule is CC(=NNC(=O)COc1cc(C)cc(C)c1)c1cc2ccccc2o1. The molecule has 0 atom stereocenters. The van der Waals surface area contributed by atoms with Gasteiger partial charge in [0.2, 0.25) is 0 Å². The number of rotatable bonds is 5. The molecular formula is C20H20N2O3. The molecule has 1 aromatic heterocycles. The van der Waals surface area contributed by atoms with Crippen molar-refractivity contribution in [2.24, 2.45) is 5.10 Å². The highest BCUT2D eigenvalue weighted by Gasteiger charge is 2.07. The minimum atomic E-state index is -0.324. The van der Waals surface area contributed by atoms with Crippen LogP contribution in [0.15, 0.2) is 58.0 Å². The smallest absolute Gasteiger partial charge is 0.277 e. The lowest BCUT2D eigenvalue weighted by molar-refractivity contribution is -0.123. The van der Waals surface area contributed by atoms with Crippen molar-refractivity contribution in [3.05, 3.63) is 65.4 Å². The number of fused-ring (bicyclic) bond motifs is 1. The van der Waals surface area contributed by atoms with Crippen LogP contribution in [-0.4, -0.2) is 18.2 Å². The van der Waals surface area contributed by atoms with Crippen LogP contribution in [0.4, 0.5) is 0 Å². The molecule has 25 heavy (non-hydrogen) atoms. The van der Waals surface area contributed by atoms with Gasteiger partial charge in [-0.25, -0.2) is 5.43 Å². The van der Waals surface area contributed by atoms with Crippen LogP contribution >= 0.6 is 0 Å². The summed E-state index contributed by atoms with van der Waals surface area (Å²) < 4.78 is 11.2. The van der Waals surface area contributed by atoms with Crippen LogP contribution in [0.2, 0.25) is 0 Å². The van der Waals surface area contributed by atoms with E-state index in [1.165, 1.54) is 0 Å². The molecule has 3 rings (SSSR count). The van der Waals surface area contributed by atoms with Crippen molar-refractivity contribution in [3.8, 4) is 5.75 Å². The first kappa shape index (κ1) is 16.8. The highest BCUT2D eigenvalue weighted by Crippen LogP contribution is 2.19. The second-order valence-electron chi connectivity index (χ2n) is 5.99. The molecule has 0 aliphatic carbocycles. The van der Waals surface area contributed by atoms with Gasteiger partial charge < -0.3 is 9.15 Å². The lowest BCUT2D eigenvalue weighted by Crippen LogP contribution is -2.25. The number of hydrazone groups is 1. The van der Waals surface area contributed by atoms with Gasteiger partial charge in [0.1, 0.15) is 17.0 Å². The summed E-state index contributed by atoms with van der Waals surface area (Å²) in [5.41, 5.74) is 6.05. The Balaban J connectivity index is 1.59. The fourth-order valence-corrected chi connectivity index (χ4v) is 2.56. The Kier molecular flexibility index (Phi) is 4.84. The van der Waals surface area contributed by atoms with Gasteiger partial charge in [0.05, 0.1) is 0 Å². The van der Waals surface area contributed by atoms with Gasteiger partial charge >= 0.3 is 0 Å². The lowest BCUT2D eigenvalue weighted by atomic mass is 10.1. The number of furan rings is 1. The molecular weight excluding hydrogens is 316 g/mol. The fourth-order valence-electron chi connectivity index (χ4n) is 2.56. The Labute approximate surface area is 146 Å². The van der Waals surface area contributed by atoms with Gasteiger partial charge in [-0.05, 0) is 56.2 Å². The monoisotopic (exact) mass is 336 g/mol. The van der Waals surface area contributed by atoms with Crippen LogP contribution in [0, 0.1) is 13.8 Å². The number of aryl methyl sites for hydroxylation is 2. The zero-order chi connectivity index (χ0) is 17.8. The Hall–Kier alpha value is -3.08. The van der Waals surface area contributed by atoms with E-state index in [-0.39, 0.29) is 12.5 Å². The number of para-hydroxylation sites is 1. The third kappa shape index (κ3) is 4.26. The minimum absolute atomic E-state index is 0.0974. The van der Waals surface area contributed by atoms with Crippen LogP contribution in [-0.2, 0) is 4.79 Å². The third-order valence-electron chi connectivity index (χ3n) is 3.70. The maximum absolute atomic E-state index is 11.9. The quantitative estimate of drug-likeness (QED) is 0.566. The van der Waals surface area contributed by atoms with Gasteiger partial charge in [-0.1, -0.05) is 24.3 Å². The van der Waals surface area contributed by atoms with Crippen LogP contribution in [0.3, 0.4) is 0 Å². The lowest BCUT2D eigenvalue weighted by Gasteiger charge is -2.07. The standard InChI is InChI=1S/C20H20N2O3/c1-13-8-14(2)10-17(9-13)24-12-20(23)22-21-15(3)19-11-16-6-4-5-7-18(16)25-19/h4-11H,12H2,1-3H3,(H,22,23). The number of amides is 1. The fraction of sp³-hybridized carbons (Fsp3) is 0.200. The van der Waals surface area contributed by atoms with Crippen LogP contribution in [0.25, 0.3) is 11.0 Å². The van der Waals surface area contributed by atoms with E-state index in [1.54, 1.807) is 6.92 Å². The Morgan fingerprint density at radius 2 is 1.84 bits per heavy atom. The highest BCUT2D eigenvalue weighted by molar-refractivity contribution is 6.00. The molecule has 3 aromatic rings. The number of carbonyl (C=O) groups is 1. The summed E-state index contributed by atoms with van der Waals surface area (Å²) in [5, 5.41) is 5.08. The first-order valence-corrected chi connectivity index (χ1v) is 8.04. The molecule has 0 unspecified atom stereocenters. The Morgan fingerprint density at radius 3 is 2.56 bits per heavy atom. The van der Waals surface area contributed by atoms with E-state index in [0.29, 0.717) is 17.2 Å². The summed E-state index contributed by atoms with van der Waals surface area (Å²) in [6.07, 6.45) is 0. The van der Waals surface area contributed by atoms with Crippen molar-refractivity contribution in [3.63, 3.8) is 0 Å². The van der Waals surface area contributed by atoms with E-state index in [9.17, 15) is 4.79 Å². The molecule has 5 heteroatoms. The zero-order valence-electron chi connectivity index (χ0n) is 14.5. The van der Waals surface area contributed by atoms with Crippen LogP contribution < -0.4 is 10.2 Å². The summed E-state index contributed by atoms with van der Waals surface area (Å²) in [6.45, 7) is 5.66. The second-order valence-corrected chi connectivity index (χ2v) is 5.99. The van der Waals surface area contributed by atoms with Gasteiger partial charge in [0.15, 0.2) is 12.4 Å². The van der Waals surface area contributed by atoms with E-state index < -0.39 is 0 Å². The first-order valence-electron chi connectivity index (χ1n) is 8.04. The van der Waals surface area contributed by atoms with Gasteiger partial charge in [0.25, 0.3) is 5.91 Å². The van der Waals surface area contributed by atoms with E-state index in [4.69, 9.17) is 9.15 Å². The normalized spacial score (nSPS) is 11.6. The van der Waals surface area contributed by atoms with E-state index in [2.05, 4.69) is 10.5 Å². The van der Waals surface area contributed by atoms with Crippen molar-refractivity contribution in [1.82, 2.24) is 5.43 Å². The van der Waals surface area contributed by atoms with E-state index in [1.807, 2.05) is 62.4 Å². The number of hydrogen-bond donors (Lipinski definition) is 1. The molecule has 0 bridgehead atoms. The molecule has 0 saturated heterocycles. The van der Waals surface area contributed by atoms with Crippen molar-refractivity contribution in [2.45, 2.75) is 20.8 Å². The molecule has 0 aliphatic rings. The molecule has 0 radical (unpaired) electrons. The van der Waals surface area contributed by atoms with Crippen molar-refractivity contribution >= 4 is 22.6 Å². The van der Waals surface area contributed by atoms with Gasteiger partial charge in [-0.3, -0.25) is 4.79 Å².